The largest absolute Gasteiger partial charge is 0.303 e. The SMILES string of the molecule is CC.CC(C)CN(C)C1CCC2(CCC2)CC1. The monoisotopic (exact) mass is 239 g/mol. The minimum Gasteiger partial charge on any atom is -0.303 e. The Morgan fingerprint density at radius 2 is 1.59 bits per heavy atom. The second-order valence-electron chi connectivity index (χ2n) is 6.42. The average molecular weight is 239 g/mol. The van der Waals surface area contributed by atoms with Crippen LogP contribution in [0, 0.1) is 11.3 Å². The summed E-state index contributed by atoms with van der Waals surface area (Å²) < 4.78 is 0. The predicted octanol–water partition coefficient (Wildman–Crippen LogP) is 4.71. The average Bonchev–Trinajstić information content (AvgIpc) is 2.29. The van der Waals surface area contributed by atoms with Gasteiger partial charge >= 0.3 is 0 Å². The van der Waals surface area contributed by atoms with Crippen LogP contribution in [-0.2, 0) is 0 Å². The molecule has 17 heavy (non-hydrogen) atoms. The normalized spacial score (nSPS) is 23.5. The Kier molecular flexibility index (Phi) is 5.99. The molecule has 2 fully saturated rings. The van der Waals surface area contributed by atoms with Gasteiger partial charge in [-0.2, -0.15) is 0 Å². The summed E-state index contributed by atoms with van der Waals surface area (Å²) in [5, 5.41) is 0. The van der Waals surface area contributed by atoms with Gasteiger partial charge < -0.3 is 4.90 Å². The van der Waals surface area contributed by atoms with Crippen molar-refractivity contribution in [3.63, 3.8) is 0 Å². The van der Waals surface area contributed by atoms with E-state index in [0.29, 0.717) is 0 Å². The summed E-state index contributed by atoms with van der Waals surface area (Å²) in [6, 6.07) is 0.888. The fourth-order valence-corrected chi connectivity index (χ4v) is 3.56. The Balaban J connectivity index is 0.000000686. The van der Waals surface area contributed by atoms with Crippen molar-refractivity contribution in [2.45, 2.75) is 78.7 Å². The van der Waals surface area contributed by atoms with E-state index in [1.807, 2.05) is 13.8 Å². The lowest BCUT2D eigenvalue weighted by atomic mass is 9.60. The molecule has 2 aliphatic carbocycles. The molecule has 2 aliphatic rings. The molecule has 0 amide bonds. The summed E-state index contributed by atoms with van der Waals surface area (Å²) in [7, 11) is 2.32. The Hall–Kier alpha value is -0.0400. The van der Waals surface area contributed by atoms with Gasteiger partial charge in [0.1, 0.15) is 0 Å². The maximum Gasteiger partial charge on any atom is 0.00927 e. The molecule has 0 N–H and O–H groups in total. The van der Waals surface area contributed by atoms with Gasteiger partial charge in [-0.3, -0.25) is 0 Å². The van der Waals surface area contributed by atoms with Gasteiger partial charge in [-0.1, -0.05) is 34.1 Å². The van der Waals surface area contributed by atoms with Crippen molar-refractivity contribution in [1.29, 1.82) is 0 Å². The molecule has 0 bridgehead atoms. The highest BCUT2D eigenvalue weighted by Gasteiger charge is 2.40. The number of hydrogen-bond donors (Lipinski definition) is 0. The van der Waals surface area contributed by atoms with Gasteiger partial charge in [0.15, 0.2) is 0 Å². The van der Waals surface area contributed by atoms with Gasteiger partial charge in [0, 0.05) is 12.6 Å². The minimum absolute atomic E-state index is 0.814. The highest BCUT2D eigenvalue weighted by molar-refractivity contribution is 4.93. The molecule has 0 saturated heterocycles. The summed E-state index contributed by atoms with van der Waals surface area (Å²) in [4.78, 5) is 2.61. The standard InChI is InChI=1S/C14H27N.C2H6/c1-12(2)11-15(3)13-5-9-14(10-6-13)7-4-8-14;1-2/h12-13H,4-11H2,1-3H3;1-2H3. The van der Waals surface area contributed by atoms with Crippen molar-refractivity contribution < 1.29 is 0 Å². The number of hydrogen-bond acceptors (Lipinski definition) is 1. The van der Waals surface area contributed by atoms with Crippen molar-refractivity contribution in [3.8, 4) is 0 Å². The molecular weight excluding hydrogens is 206 g/mol. The van der Waals surface area contributed by atoms with Crippen LogP contribution in [0.15, 0.2) is 0 Å². The van der Waals surface area contributed by atoms with Gasteiger partial charge in [-0.05, 0) is 56.9 Å². The van der Waals surface area contributed by atoms with E-state index >= 15 is 0 Å². The van der Waals surface area contributed by atoms with E-state index in [9.17, 15) is 0 Å². The molecule has 0 heterocycles. The molecular formula is C16H33N. The van der Waals surface area contributed by atoms with Crippen LogP contribution in [0.2, 0.25) is 0 Å². The predicted molar refractivity (Wildman–Crippen MR) is 77.4 cm³/mol. The molecule has 0 aromatic rings. The van der Waals surface area contributed by atoms with Gasteiger partial charge in [-0.15, -0.1) is 0 Å². The first-order valence-electron chi connectivity index (χ1n) is 7.82. The smallest absolute Gasteiger partial charge is 0.00927 e. The quantitative estimate of drug-likeness (QED) is 0.689. The minimum atomic E-state index is 0.814. The maximum absolute atomic E-state index is 2.61. The topological polar surface area (TPSA) is 3.24 Å². The van der Waals surface area contributed by atoms with Crippen molar-refractivity contribution in [2.24, 2.45) is 11.3 Å². The van der Waals surface area contributed by atoms with Crippen LogP contribution >= 0.6 is 0 Å². The maximum atomic E-state index is 2.61. The van der Waals surface area contributed by atoms with Crippen LogP contribution in [0.1, 0.15) is 72.6 Å². The molecule has 0 atom stereocenters. The molecule has 102 valence electrons. The molecule has 2 saturated carbocycles. The van der Waals surface area contributed by atoms with Gasteiger partial charge in [-0.25, -0.2) is 0 Å². The van der Waals surface area contributed by atoms with Gasteiger partial charge in [0.2, 0.25) is 0 Å². The summed E-state index contributed by atoms with van der Waals surface area (Å²) >= 11 is 0. The van der Waals surface area contributed by atoms with Crippen LogP contribution in [0.25, 0.3) is 0 Å². The zero-order valence-corrected chi connectivity index (χ0v) is 12.8. The third-order valence-electron chi connectivity index (χ3n) is 4.71. The Labute approximate surface area is 109 Å². The summed E-state index contributed by atoms with van der Waals surface area (Å²) in [5.74, 6) is 0.814. The van der Waals surface area contributed by atoms with E-state index in [-0.39, 0.29) is 0 Å². The molecule has 1 nitrogen and oxygen atoms in total. The van der Waals surface area contributed by atoms with Gasteiger partial charge in [0.25, 0.3) is 0 Å². The van der Waals surface area contributed by atoms with Crippen molar-refractivity contribution >= 4 is 0 Å². The molecule has 0 aromatic heterocycles. The van der Waals surface area contributed by atoms with Crippen LogP contribution in [0.4, 0.5) is 0 Å². The first kappa shape index (κ1) is 15.0. The summed E-state index contributed by atoms with van der Waals surface area (Å²) in [5.41, 5.74) is 0.829. The molecule has 1 spiro atoms. The van der Waals surface area contributed by atoms with E-state index in [1.54, 1.807) is 0 Å². The van der Waals surface area contributed by atoms with Crippen LogP contribution in [-0.4, -0.2) is 24.5 Å². The first-order chi connectivity index (χ1) is 8.11. The van der Waals surface area contributed by atoms with Crippen LogP contribution < -0.4 is 0 Å². The van der Waals surface area contributed by atoms with E-state index < -0.39 is 0 Å². The number of rotatable bonds is 3. The Morgan fingerprint density at radius 3 is 1.94 bits per heavy atom. The molecule has 2 rings (SSSR count). The van der Waals surface area contributed by atoms with Crippen molar-refractivity contribution in [1.82, 2.24) is 4.90 Å². The number of nitrogens with zero attached hydrogens (tertiary/aromatic N) is 1. The van der Waals surface area contributed by atoms with Crippen molar-refractivity contribution in [2.75, 3.05) is 13.6 Å². The first-order valence-corrected chi connectivity index (χ1v) is 7.82. The molecule has 1 heteroatoms. The fourth-order valence-electron chi connectivity index (χ4n) is 3.56. The molecule has 0 radical (unpaired) electrons. The lowest BCUT2D eigenvalue weighted by Gasteiger charge is -2.48. The van der Waals surface area contributed by atoms with Gasteiger partial charge in [0.05, 0.1) is 0 Å². The third-order valence-corrected chi connectivity index (χ3v) is 4.71. The van der Waals surface area contributed by atoms with E-state index in [4.69, 9.17) is 0 Å². The van der Waals surface area contributed by atoms with E-state index in [2.05, 4.69) is 25.8 Å². The van der Waals surface area contributed by atoms with E-state index in [1.165, 1.54) is 51.5 Å². The molecule has 0 unspecified atom stereocenters. The highest BCUT2D eigenvalue weighted by Crippen LogP contribution is 2.51. The van der Waals surface area contributed by atoms with Crippen LogP contribution in [0.5, 0.6) is 0 Å². The second-order valence-corrected chi connectivity index (χ2v) is 6.42. The summed E-state index contributed by atoms with van der Waals surface area (Å²) in [6.07, 6.45) is 10.5. The lowest BCUT2D eigenvalue weighted by Crippen LogP contribution is -2.42. The van der Waals surface area contributed by atoms with Crippen LogP contribution in [0.3, 0.4) is 0 Å². The second kappa shape index (κ2) is 6.78. The Bertz CT molecular complexity index is 196. The molecule has 0 aromatic carbocycles. The van der Waals surface area contributed by atoms with Crippen molar-refractivity contribution in [3.05, 3.63) is 0 Å². The Morgan fingerprint density at radius 1 is 1.06 bits per heavy atom. The summed E-state index contributed by atoms with van der Waals surface area (Å²) in [6.45, 7) is 9.93. The molecule has 0 aliphatic heterocycles. The zero-order chi connectivity index (χ0) is 12.9. The lowest BCUT2D eigenvalue weighted by molar-refractivity contribution is 0.0353. The van der Waals surface area contributed by atoms with E-state index in [0.717, 1.165) is 17.4 Å². The third kappa shape index (κ3) is 3.98. The zero-order valence-electron chi connectivity index (χ0n) is 12.8. The highest BCUT2D eigenvalue weighted by atomic mass is 15.1. The fraction of sp³-hybridized carbons (Fsp3) is 1.00.